The lowest BCUT2D eigenvalue weighted by Gasteiger charge is -2.33. The van der Waals surface area contributed by atoms with Gasteiger partial charge in [-0.2, -0.15) is 0 Å². The van der Waals surface area contributed by atoms with Crippen molar-refractivity contribution in [3.05, 3.63) is 34.3 Å². The van der Waals surface area contributed by atoms with Crippen LogP contribution in [0.5, 0.6) is 0 Å². The van der Waals surface area contributed by atoms with Gasteiger partial charge in [0.2, 0.25) is 0 Å². The molecule has 1 spiro atoms. The quantitative estimate of drug-likeness (QED) is 0.895. The lowest BCUT2D eigenvalue weighted by Crippen LogP contribution is -2.49. The monoisotopic (exact) mass is 322 g/mol. The van der Waals surface area contributed by atoms with Crippen molar-refractivity contribution in [2.24, 2.45) is 0 Å². The Hall–Kier alpha value is -0.380. The van der Waals surface area contributed by atoms with Crippen molar-refractivity contribution in [3.8, 4) is 0 Å². The molecular weight excluding hydrogens is 300 g/mol. The van der Waals surface area contributed by atoms with Gasteiger partial charge in [0.15, 0.2) is 0 Å². The first-order valence-corrected chi connectivity index (χ1v) is 8.27. The van der Waals surface area contributed by atoms with E-state index in [9.17, 15) is 0 Å². The van der Waals surface area contributed by atoms with Gasteiger partial charge in [0, 0.05) is 23.1 Å². The maximum absolute atomic E-state index is 3.83. The van der Waals surface area contributed by atoms with Crippen molar-refractivity contribution in [1.82, 2.24) is 10.2 Å². The third-order valence-corrected chi connectivity index (χ3v) is 5.03. The number of rotatable bonds is 2. The summed E-state index contributed by atoms with van der Waals surface area (Å²) in [5.74, 6) is 0. The minimum absolute atomic E-state index is 0.419. The Kier molecular flexibility index (Phi) is 4.25. The van der Waals surface area contributed by atoms with Gasteiger partial charge in [-0.05, 0) is 50.0 Å². The van der Waals surface area contributed by atoms with E-state index >= 15 is 0 Å². The van der Waals surface area contributed by atoms with Crippen molar-refractivity contribution in [1.29, 1.82) is 0 Å². The van der Waals surface area contributed by atoms with Crippen LogP contribution in [0.25, 0.3) is 0 Å². The largest absolute Gasteiger partial charge is 0.310 e. The number of benzene rings is 1. The van der Waals surface area contributed by atoms with E-state index in [0.717, 1.165) is 6.54 Å². The van der Waals surface area contributed by atoms with Gasteiger partial charge in [-0.3, -0.25) is 4.90 Å². The maximum Gasteiger partial charge on any atom is 0.0308 e. The summed E-state index contributed by atoms with van der Waals surface area (Å²) in [5.41, 5.74) is 1.84. The van der Waals surface area contributed by atoms with E-state index in [1.165, 1.54) is 61.8 Å². The second kappa shape index (κ2) is 5.94. The molecule has 1 saturated carbocycles. The van der Waals surface area contributed by atoms with Crippen molar-refractivity contribution in [2.45, 2.75) is 44.2 Å². The van der Waals surface area contributed by atoms with Crippen LogP contribution in [0.4, 0.5) is 0 Å². The molecule has 1 saturated heterocycles. The second-order valence-electron chi connectivity index (χ2n) is 6.11. The zero-order chi connectivity index (χ0) is 13.1. The van der Waals surface area contributed by atoms with Crippen molar-refractivity contribution in [3.63, 3.8) is 0 Å². The van der Waals surface area contributed by atoms with Gasteiger partial charge in [-0.1, -0.05) is 40.9 Å². The van der Waals surface area contributed by atoms with Gasteiger partial charge in [-0.15, -0.1) is 0 Å². The summed E-state index contributed by atoms with van der Waals surface area (Å²) in [7, 11) is 0. The topological polar surface area (TPSA) is 15.3 Å². The third kappa shape index (κ3) is 3.39. The van der Waals surface area contributed by atoms with E-state index in [2.05, 4.69) is 50.4 Å². The maximum atomic E-state index is 3.83. The highest BCUT2D eigenvalue weighted by atomic mass is 79.9. The molecule has 0 atom stereocenters. The van der Waals surface area contributed by atoms with Crippen molar-refractivity contribution >= 4 is 15.9 Å². The Bertz CT molecular complexity index is 427. The molecule has 0 radical (unpaired) electrons. The Morgan fingerprint density at radius 1 is 1.21 bits per heavy atom. The molecule has 1 aliphatic heterocycles. The molecule has 2 nitrogen and oxygen atoms in total. The highest BCUT2D eigenvalue weighted by Gasteiger charge is 2.36. The standard InChI is InChI=1S/C16H23BrN2/c17-15-6-3-5-14(11-15)12-19-10-4-9-18-16(13-19)7-1-2-8-16/h3,5-6,11,18H,1-2,4,7-10,12-13H2. The molecule has 1 heterocycles. The molecule has 0 amide bonds. The summed E-state index contributed by atoms with van der Waals surface area (Å²) in [5, 5.41) is 3.83. The fourth-order valence-corrected chi connectivity index (χ4v) is 4.08. The Labute approximate surface area is 124 Å². The van der Waals surface area contributed by atoms with Crippen LogP contribution < -0.4 is 5.32 Å². The van der Waals surface area contributed by atoms with Crippen LogP contribution in [0, 0.1) is 0 Å². The molecule has 3 heteroatoms. The van der Waals surface area contributed by atoms with Gasteiger partial charge in [-0.25, -0.2) is 0 Å². The van der Waals surface area contributed by atoms with Crippen LogP contribution in [-0.2, 0) is 6.54 Å². The highest BCUT2D eigenvalue weighted by molar-refractivity contribution is 9.10. The van der Waals surface area contributed by atoms with E-state index in [1.54, 1.807) is 0 Å². The van der Waals surface area contributed by atoms with E-state index in [0.29, 0.717) is 5.54 Å². The SMILES string of the molecule is Brc1cccc(CN2CCCNC3(CCCC3)C2)c1. The van der Waals surface area contributed by atoms with Crippen LogP contribution >= 0.6 is 15.9 Å². The van der Waals surface area contributed by atoms with Gasteiger partial charge in [0.05, 0.1) is 0 Å². The summed E-state index contributed by atoms with van der Waals surface area (Å²) in [6.45, 7) is 4.72. The first-order chi connectivity index (χ1) is 9.26. The molecule has 0 aromatic heterocycles. The summed E-state index contributed by atoms with van der Waals surface area (Å²) in [6.07, 6.45) is 6.80. The van der Waals surface area contributed by atoms with Crippen LogP contribution in [0.15, 0.2) is 28.7 Å². The van der Waals surface area contributed by atoms with Gasteiger partial charge >= 0.3 is 0 Å². The minimum atomic E-state index is 0.419. The van der Waals surface area contributed by atoms with E-state index in [4.69, 9.17) is 0 Å². The molecule has 104 valence electrons. The summed E-state index contributed by atoms with van der Waals surface area (Å²) in [6, 6.07) is 8.73. The van der Waals surface area contributed by atoms with Gasteiger partial charge in [0.1, 0.15) is 0 Å². The predicted octanol–water partition coefficient (Wildman–Crippen LogP) is 3.56. The van der Waals surface area contributed by atoms with Gasteiger partial charge in [0.25, 0.3) is 0 Å². The summed E-state index contributed by atoms with van der Waals surface area (Å²) < 4.78 is 1.19. The smallest absolute Gasteiger partial charge is 0.0308 e. The first kappa shape index (κ1) is 13.6. The molecule has 1 N–H and O–H groups in total. The number of nitrogens with zero attached hydrogens (tertiary/aromatic N) is 1. The van der Waals surface area contributed by atoms with E-state index in [-0.39, 0.29) is 0 Å². The Morgan fingerprint density at radius 3 is 2.84 bits per heavy atom. The molecule has 1 aliphatic carbocycles. The van der Waals surface area contributed by atoms with Gasteiger partial charge < -0.3 is 5.32 Å². The summed E-state index contributed by atoms with van der Waals surface area (Å²) in [4.78, 5) is 2.65. The van der Waals surface area contributed by atoms with Crippen LogP contribution in [0.1, 0.15) is 37.7 Å². The lowest BCUT2D eigenvalue weighted by atomic mass is 9.97. The number of nitrogens with one attached hydrogen (secondary N) is 1. The van der Waals surface area contributed by atoms with E-state index < -0.39 is 0 Å². The van der Waals surface area contributed by atoms with Crippen LogP contribution in [-0.4, -0.2) is 30.1 Å². The molecule has 2 aliphatic rings. The molecule has 0 bridgehead atoms. The molecule has 1 aromatic rings. The Balaban J connectivity index is 1.69. The first-order valence-electron chi connectivity index (χ1n) is 7.48. The zero-order valence-corrected chi connectivity index (χ0v) is 13.1. The van der Waals surface area contributed by atoms with Crippen LogP contribution in [0.3, 0.4) is 0 Å². The minimum Gasteiger partial charge on any atom is -0.310 e. The predicted molar refractivity (Wildman–Crippen MR) is 83.2 cm³/mol. The average molecular weight is 323 g/mol. The second-order valence-corrected chi connectivity index (χ2v) is 7.02. The van der Waals surface area contributed by atoms with Crippen molar-refractivity contribution in [2.75, 3.05) is 19.6 Å². The zero-order valence-electron chi connectivity index (χ0n) is 11.5. The molecular formula is C16H23BrN2. The molecule has 2 fully saturated rings. The van der Waals surface area contributed by atoms with Crippen LogP contribution in [0.2, 0.25) is 0 Å². The average Bonchev–Trinajstić information content (AvgIpc) is 2.73. The number of hydrogen-bond acceptors (Lipinski definition) is 2. The molecule has 0 unspecified atom stereocenters. The number of halogens is 1. The summed E-state index contributed by atoms with van der Waals surface area (Å²) >= 11 is 3.57. The molecule has 19 heavy (non-hydrogen) atoms. The fraction of sp³-hybridized carbons (Fsp3) is 0.625. The Morgan fingerprint density at radius 2 is 2.05 bits per heavy atom. The molecule has 3 rings (SSSR count). The molecule has 1 aromatic carbocycles. The number of hydrogen-bond donors (Lipinski definition) is 1. The third-order valence-electron chi connectivity index (χ3n) is 4.53. The highest BCUT2D eigenvalue weighted by Crippen LogP contribution is 2.32. The van der Waals surface area contributed by atoms with Crippen molar-refractivity contribution < 1.29 is 0 Å². The fourth-order valence-electron chi connectivity index (χ4n) is 3.63. The van der Waals surface area contributed by atoms with E-state index in [1.807, 2.05) is 0 Å². The lowest BCUT2D eigenvalue weighted by molar-refractivity contribution is 0.203. The normalized spacial score (nSPS) is 23.6.